The molecule has 3 aliphatic rings. The van der Waals surface area contributed by atoms with Crippen LogP contribution in [0.3, 0.4) is 0 Å². The van der Waals surface area contributed by atoms with Crippen molar-refractivity contribution >= 4 is 5.97 Å². The molecule has 1 aromatic carbocycles. The molecule has 1 saturated heterocycles. The van der Waals surface area contributed by atoms with Crippen molar-refractivity contribution in [2.45, 2.75) is 51.7 Å². The van der Waals surface area contributed by atoms with E-state index in [2.05, 4.69) is 31.0 Å². The first kappa shape index (κ1) is 18.5. The number of carbonyl (C=O) groups excluding carboxylic acids is 1. The molecule has 0 unspecified atom stereocenters. The Morgan fingerprint density at radius 1 is 1.33 bits per heavy atom. The first-order valence-electron chi connectivity index (χ1n) is 10.2. The minimum Gasteiger partial charge on any atom is -0.497 e. The van der Waals surface area contributed by atoms with Crippen molar-refractivity contribution < 1.29 is 14.3 Å². The van der Waals surface area contributed by atoms with Gasteiger partial charge in [-0.2, -0.15) is 0 Å². The molecule has 1 heterocycles. The summed E-state index contributed by atoms with van der Waals surface area (Å²) in [6.45, 7) is 8.17. The van der Waals surface area contributed by atoms with E-state index in [0.717, 1.165) is 31.6 Å². The van der Waals surface area contributed by atoms with Gasteiger partial charge in [0.1, 0.15) is 11.9 Å². The van der Waals surface area contributed by atoms with E-state index in [4.69, 9.17) is 9.47 Å². The number of benzene rings is 1. The van der Waals surface area contributed by atoms with Crippen molar-refractivity contribution in [3.63, 3.8) is 0 Å². The Morgan fingerprint density at radius 3 is 2.85 bits per heavy atom. The van der Waals surface area contributed by atoms with Gasteiger partial charge in [-0.3, -0.25) is 4.79 Å². The van der Waals surface area contributed by atoms with Crippen LogP contribution in [-0.2, 0) is 16.1 Å². The number of allylic oxidation sites excluding steroid dienone is 1. The first-order chi connectivity index (χ1) is 13.0. The molecular weight excluding hydrogens is 338 g/mol. The zero-order valence-corrected chi connectivity index (χ0v) is 16.5. The number of methoxy groups -OCH3 is 1. The van der Waals surface area contributed by atoms with Crippen LogP contribution in [0.1, 0.15) is 44.6 Å². The van der Waals surface area contributed by atoms with Gasteiger partial charge < -0.3 is 14.8 Å². The average molecular weight is 370 g/mol. The summed E-state index contributed by atoms with van der Waals surface area (Å²) in [7, 11) is 1.67. The molecule has 1 N–H and O–H groups in total. The highest BCUT2D eigenvalue weighted by Gasteiger charge is 2.54. The Balaban J connectivity index is 1.38. The van der Waals surface area contributed by atoms with Gasteiger partial charge in [0.05, 0.1) is 13.0 Å². The number of ether oxygens (including phenoxy) is 2. The van der Waals surface area contributed by atoms with Gasteiger partial charge in [-0.15, -0.1) is 0 Å². The topological polar surface area (TPSA) is 47.6 Å². The Hall–Kier alpha value is -1.81. The Kier molecular flexibility index (Phi) is 5.02. The average Bonchev–Trinajstić information content (AvgIpc) is 2.95. The van der Waals surface area contributed by atoms with Crippen molar-refractivity contribution in [3.8, 4) is 5.75 Å². The summed E-state index contributed by atoms with van der Waals surface area (Å²) in [5.41, 5.74) is 2.85. The van der Waals surface area contributed by atoms with Crippen molar-refractivity contribution in [1.82, 2.24) is 5.32 Å². The van der Waals surface area contributed by atoms with Gasteiger partial charge in [0.15, 0.2) is 0 Å². The first-order valence-corrected chi connectivity index (χ1v) is 10.2. The highest BCUT2D eigenvalue weighted by molar-refractivity contribution is 5.75. The fraction of sp³-hybridized carbons (Fsp3) is 0.609. The maximum atomic E-state index is 12.6. The van der Waals surface area contributed by atoms with Crippen LogP contribution in [0.5, 0.6) is 5.75 Å². The number of carbonyl (C=O) groups is 1. The second-order valence-electron chi connectivity index (χ2n) is 8.88. The van der Waals surface area contributed by atoms with Gasteiger partial charge in [0, 0.05) is 19.0 Å². The summed E-state index contributed by atoms with van der Waals surface area (Å²) < 4.78 is 11.0. The van der Waals surface area contributed by atoms with Crippen LogP contribution in [0, 0.1) is 23.2 Å². The number of hydrogen-bond donors (Lipinski definition) is 1. The molecule has 2 aliphatic carbocycles. The summed E-state index contributed by atoms with van der Waals surface area (Å²) in [6, 6.07) is 8.04. The molecule has 0 aromatic heterocycles. The van der Waals surface area contributed by atoms with Crippen LogP contribution in [-0.4, -0.2) is 25.7 Å². The predicted molar refractivity (Wildman–Crippen MR) is 105 cm³/mol. The van der Waals surface area contributed by atoms with Gasteiger partial charge in [-0.1, -0.05) is 31.2 Å². The fourth-order valence-corrected chi connectivity index (χ4v) is 5.60. The lowest BCUT2D eigenvalue weighted by atomic mass is 9.55. The fourth-order valence-electron chi connectivity index (χ4n) is 5.60. The molecule has 1 aromatic rings. The summed E-state index contributed by atoms with van der Waals surface area (Å²) in [6.07, 6.45) is 5.76. The van der Waals surface area contributed by atoms with Gasteiger partial charge in [-0.25, -0.2) is 0 Å². The molecule has 5 atom stereocenters. The lowest BCUT2D eigenvalue weighted by molar-refractivity contribution is -0.146. The van der Waals surface area contributed by atoms with Crippen LogP contribution in [0.15, 0.2) is 36.4 Å². The maximum Gasteiger partial charge on any atom is 0.310 e. The van der Waals surface area contributed by atoms with Gasteiger partial charge in [0.25, 0.3) is 0 Å². The Labute approximate surface area is 162 Å². The van der Waals surface area contributed by atoms with E-state index in [-0.39, 0.29) is 23.4 Å². The molecule has 0 radical (unpaired) electrons. The molecule has 0 spiro atoms. The summed E-state index contributed by atoms with van der Waals surface area (Å²) >= 11 is 0. The van der Waals surface area contributed by atoms with Gasteiger partial charge in [-0.05, 0) is 61.1 Å². The Bertz CT molecular complexity index is 713. The molecule has 4 nitrogen and oxygen atoms in total. The van der Waals surface area contributed by atoms with Crippen molar-refractivity contribution in [2.75, 3.05) is 13.7 Å². The van der Waals surface area contributed by atoms with Crippen LogP contribution >= 0.6 is 0 Å². The maximum absolute atomic E-state index is 12.6. The molecule has 4 heteroatoms. The summed E-state index contributed by atoms with van der Waals surface area (Å²) in [5, 5.41) is 3.47. The molecule has 1 aliphatic heterocycles. The van der Waals surface area contributed by atoms with E-state index in [1.165, 1.54) is 24.0 Å². The zero-order chi connectivity index (χ0) is 19.0. The number of rotatable bonds is 5. The predicted octanol–water partition coefficient (Wildman–Crippen LogP) is 4.10. The molecule has 0 bridgehead atoms. The summed E-state index contributed by atoms with van der Waals surface area (Å²) in [4.78, 5) is 12.6. The minimum atomic E-state index is -0.0347. The van der Waals surface area contributed by atoms with E-state index in [0.29, 0.717) is 18.4 Å². The van der Waals surface area contributed by atoms with E-state index in [9.17, 15) is 4.79 Å². The standard InChI is InChI=1S/C23H31NO3/c1-15-5-4-10-23(2)12-21-18(11-20(15)23)19(22(25)27-21)14-24-13-16-6-8-17(26-3)9-7-16/h6-9,18-21,24H,1,4-5,10-14H2,2-3H3/t18-,19-,20+,21+,23-/m0/s1. The third-order valence-electron chi connectivity index (χ3n) is 7.17. The lowest BCUT2D eigenvalue weighted by Gasteiger charge is -2.50. The van der Waals surface area contributed by atoms with E-state index in [1.54, 1.807) is 7.11 Å². The quantitative estimate of drug-likeness (QED) is 0.627. The van der Waals surface area contributed by atoms with Crippen LogP contribution in [0.25, 0.3) is 0 Å². The normalized spacial score (nSPS) is 35.3. The third-order valence-corrected chi connectivity index (χ3v) is 7.17. The molecule has 3 fully saturated rings. The van der Waals surface area contributed by atoms with Crippen molar-refractivity contribution in [1.29, 1.82) is 0 Å². The number of hydrogen-bond acceptors (Lipinski definition) is 4. The molecule has 0 amide bonds. The smallest absolute Gasteiger partial charge is 0.310 e. The van der Waals surface area contributed by atoms with Gasteiger partial charge in [0.2, 0.25) is 0 Å². The second kappa shape index (κ2) is 7.31. The largest absolute Gasteiger partial charge is 0.497 e. The molecular formula is C23H31NO3. The third kappa shape index (κ3) is 3.52. The second-order valence-corrected chi connectivity index (χ2v) is 8.88. The number of nitrogens with one attached hydrogen (secondary N) is 1. The van der Waals surface area contributed by atoms with E-state index < -0.39 is 0 Å². The SMILES string of the molecule is C=C1CCC[C@@]2(C)C[C@H]3OC(=O)[C@@H](CNCc4ccc(OC)cc4)[C@@H]3C[C@H]12. The molecule has 146 valence electrons. The lowest BCUT2D eigenvalue weighted by Crippen LogP contribution is -2.45. The van der Waals surface area contributed by atoms with Crippen molar-refractivity contribution in [2.24, 2.45) is 23.2 Å². The highest BCUT2D eigenvalue weighted by atomic mass is 16.6. The molecule has 2 saturated carbocycles. The number of esters is 1. The zero-order valence-electron chi connectivity index (χ0n) is 16.5. The van der Waals surface area contributed by atoms with E-state index >= 15 is 0 Å². The van der Waals surface area contributed by atoms with Crippen LogP contribution in [0.2, 0.25) is 0 Å². The van der Waals surface area contributed by atoms with Gasteiger partial charge >= 0.3 is 5.97 Å². The molecule has 4 rings (SSSR count). The monoisotopic (exact) mass is 369 g/mol. The molecule has 27 heavy (non-hydrogen) atoms. The highest BCUT2D eigenvalue weighted by Crippen LogP contribution is 2.56. The van der Waals surface area contributed by atoms with Crippen molar-refractivity contribution in [3.05, 3.63) is 42.0 Å². The Morgan fingerprint density at radius 2 is 2.11 bits per heavy atom. The minimum absolute atomic E-state index is 0.0138. The summed E-state index contributed by atoms with van der Waals surface area (Å²) in [5.74, 6) is 1.69. The van der Waals surface area contributed by atoms with Crippen LogP contribution < -0.4 is 10.1 Å². The number of fused-ring (bicyclic) bond motifs is 2. The van der Waals surface area contributed by atoms with E-state index in [1.807, 2.05) is 12.1 Å². The van der Waals surface area contributed by atoms with Crippen LogP contribution in [0.4, 0.5) is 0 Å².